The summed E-state index contributed by atoms with van der Waals surface area (Å²) < 4.78 is 0. The molecular formula is C12H20N4O. The molecule has 94 valence electrons. The van der Waals surface area contributed by atoms with Gasteiger partial charge in [0.05, 0.1) is 0 Å². The van der Waals surface area contributed by atoms with Crippen LogP contribution in [0.5, 0.6) is 0 Å². The summed E-state index contributed by atoms with van der Waals surface area (Å²) in [4.78, 5) is 15.4. The van der Waals surface area contributed by atoms with Gasteiger partial charge in [-0.1, -0.05) is 13.0 Å². The van der Waals surface area contributed by atoms with E-state index >= 15 is 0 Å². The topological polar surface area (TPSA) is 66.0 Å². The summed E-state index contributed by atoms with van der Waals surface area (Å²) in [6.07, 6.45) is 1.51. The zero-order valence-corrected chi connectivity index (χ0v) is 10.4. The summed E-state index contributed by atoms with van der Waals surface area (Å²) >= 11 is 0. The number of amides is 1. The summed E-state index contributed by atoms with van der Waals surface area (Å²) in [5.41, 5.74) is 0. The predicted octanol–water partition coefficient (Wildman–Crippen LogP) is 1.45. The number of nitrogens with zero attached hydrogens (tertiary/aromatic N) is 1. The minimum atomic E-state index is 0.0257. The Hall–Kier alpha value is -1.78. The van der Waals surface area contributed by atoms with Crippen LogP contribution in [-0.2, 0) is 4.79 Å². The highest BCUT2D eigenvalue weighted by Gasteiger charge is 1.99. The van der Waals surface area contributed by atoms with Crippen LogP contribution in [0.1, 0.15) is 19.8 Å². The highest BCUT2D eigenvalue weighted by molar-refractivity contribution is 5.76. The summed E-state index contributed by atoms with van der Waals surface area (Å²) in [7, 11) is 1.63. The smallest absolute Gasteiger partial charge is 0.221 e. The molecule has 0 aliphatic rings. The fourth-order valence-electron chi connectivity index (χ4n) is 1.31. The number of anilines is 2. The Morgan fingerprint density at radius 1 is 1.24 bits per heavy atom. The Balaban J connectivity index is 2.40. The van der Waals surface area contributed by atoms with Crippen LogP contribution in [0.3, 0.4) is 0 Å². The molecule has 5 nitrogen and oxygen atoms in total. The first-order valence-corrected chi connectivity index (χ1v) is 5.91. The van der Waals surface area contributed by atoms with Gasteiger partial charge in [-0.2, -0.15) is 0 Å². The van der Waals surface area contributed by atoms with Crippen molar-refractivity contribution in [1.82, 2.24) is 10.3 Å². The molecule has 3 N–H and O–H groups in total. The van der Waals surface area contributed by atoms with E-state index in [-0.39, 0.29) is 5.91 Å². The molecule has 0 atom stereocenters. The van der Waals surface area contributed by atoms with E-state index in [4.69, 9.17) is 0 Å². The zero-order chi connectivity index (χ0) is 12.5. The van der Waals surface area contributed by atoms with Crippen LogP contribution in [0.15, 0.2) is 18.2 Å². The molecule has 1 heterocycles. The van der Waals surface area contributed by atoms with Gasteiger partial charge in [-0.05, 0) is 18.6 Å². The summed E-state index contributed by atoms with van der Waals surface area (Å²) in [6.45, 7) is 3.61. The molecule has 0 aliphatic carbocycles. The Bertz CT molecular complexity index is 354. The van der Waals surface area contributed by atoms with E-state index in [0.717, 1.165) is 24.6 Å². The van der Waals surface area contributed by atoms with E-state index in [1.165, 1.54) is 0 Å². The summed E-state index contributed by atoms with van der Waals surface area (Å²) in [6, 6.07) is 5.76. The van der Waals surface area contributed by atoms with Crippen molar-refractivity contribution in [2.45, 2.75) is 19.8 Å². The molecule has 1 aromatic rings. The molecule has 0 spiro atoms. The van der Waals surface area contributed by atoms with Crippen LogP contribution in [0.4, 0.5) is 11.6 Å². The molecule has 0 aromatic carbocycles. The van der Waals surface area contributed by atoms with Gasteiger partial charge in [-0.3, -0.25) is 4.79 Å². The monoisotopic (exact) mass is 236 g/mol. The minimum Gasteiger partial charge on any atom is -0.370 e. The molecule has 0 saturated heterocycles. The fraction of sp³-hybridized carbons (Fsp3) is 0.500. The number of carbonyl (C=O) groups is 1. The lowest BCUT2D eigenvalue weighted by Crippen LogP contribution is -2.21. The van der Waals surface area contributed by atoms with Crippen LogP contribution in [0, 0.1) is 0 Å². The third kappa shape index (κ3) is 5.19. The van der Waals surface area contributed by atoms with E-state index in [2.05, 4.69) is 27.9 Å². The lowest BCUT2D eigenvalue weighted by molar-refractivity contribution is -0.120. The van der Waals surface area contributed by atoms with Crippen LogP contribution < -0.4 is 16.0 Å². The van der Waals surface area contributed by atoms with Gasteiger partial charge in [0, 0.05) is 26.6 Å². The van der Waals surface area contributed by atoms with Crippen molar-refractivity contribution in [1.29, 1.82) is 0 Å². The van der Waals surface area contributed by atoms with Crippen molar-refractivity contribution in [3.05, 3.63) is 18.2 Å². The first kappa shape index (κ1) is 13.3. The molecule has 1 aromatic heterocycles. The first-order valence-electron chi connectivity index (χ1n) is 5.91. The van der Waals surface area contributed by atoms with Crippen molar-refractivity contribution in [3.8, 4) is 0 Å². The number of rotatable bonds is 7. The number of hydrogen-bond donors (Lipinski definition) is 3. The Kier molecular flexibility index (Phi) is 5.85. The van der Waals surface area contributed by atoms with Crippen molar-refractivity contribution in [3.63, 3.8) is 0 Å². The van der Waals surface area contributed by atoms with Gasteiger partial charge >= 0.3 is 0 Å². The molecule has 17 heavy (non-hydrogen) atoms. The molecule has 0 aliphatic heterocycles. The van der Waals surface area contributed by atoms with Crippen LogP contribution in [0.25, 0.3) is 0 Å². The normalized spacial score (nSPS) is 9.76. The van der Waals surface area contributed by atoms with E-state index < -0.39 is 0 Å². The second-order valence-electron chi connectivity index (χ2n) is 3.68. The zero-order valence-electron chi connectivity index (χ0n) is 10.4. The molecule has 1 rings (SSSR count). The second kappa shape index (κ2) is 7.49. The van der Waals surface area contributed by atoms with Gasteiger partial charge in [-0.15, -0.1) is 0 Å². The molecular weight excluding hydrogens is 216 g/mol. The molecule has 1 amide bonds. The molecule has 5 heteroatoms. The van der Waals surface area contributed by atoms with Crippen molar-refractivity contribution < 1.29 is 4.79 Å². The fourth-order valence-corrected chi connectivity index (χ4v) is 1.31. The molecule has 0 radical (unpaired) electrons. The lowest BCUT2D eigenvalue weighted by atomic mass is 10.3. The van der Waals surface area contributed by atoms with E-state index in [1.54, 1.807) is 7.05 Å². The Morgan fingerprint density at radius 3 is 2.47 bits per heavy atom. The molecule has 0 unspecified atom stereocenters. The van der Waals surface area contributed by atoms with Crippen LogP contribution >= 0.6 is 0 Å². The second-order valence-corrected chi connectivity index (χ2v) is 3.68. The first-order chi connectivity index (χ1) is 8.26. The summed E-state index contributed by atoms with van der Waals surface area (Å²) in [5, 5.41) is 8.91. The maximum absolute atomic E-state index is 11.0. The van der Waals surface area contributed by atoms with Gasteiger partial charge in [-0.25, -0.2) is 4.98 Å². The van der Waals surface area contributed by atoms with E-state index in [1.807, 2.05) is 18.2 Å². The van der Waals surface area contributed by atoms with Crippen molar-refractivity contribution in [2.75, 3.05) is 30.8 Å². The van der Waals surface area contributed by atoms with Crippen LogP contribution in [0.2, 0.25) is 0 Å². The number of hydrogen-bond acceptors (Lipinski definition) is 4. The van der Waals surface area contributed by atoms with E-state index in [9.17, 15) is 4.79 Å². The maximum atomic E-state index is 11.0. The lowest BCUT2D eigenvalue weighted by Gasteiger charge is -2.08. The largest absolute Gasteiger partial charge is 0.370 e. The van der Waals surface area contributed by atoms with Gasteiger partial charge in [0.1, 0.15) is 11.6 Å². The SMILES string of the molecule is CCCNc1cccc(NCCC(=O)NC)n1. The van der Waals surface area contributed by atoms with Gasteiger partial charge < -0.3 is 16.0 Å². The molecule has 0 fully saturated rings. The third-order valence-electron chi connectivity index (χ3n) is 2.24. The number of carbonyl (C=O) groups excluding carboxylic acids is 1. The number of pyridine rings is 1. The van der Waals surface area contributed by atoms with Gasteiger partial charge in [0.15, 0.2) is 0 Å². The van der Waals surface area contributed by atoms with Crippen LogP contribution in [-0.4, -0.2) is 31.0 Å². The van der Waals surface area contributed by atoms with Gasteiger partial charge in [0.25, 0.3) is 0 Å². The average Bonchev–Trinajstić information content (AvgIpc) is 2.36. The molecule has 0 bridgehead atoms. The van der Waals surface area contributed by atoms with E-state index in [0.29, 0.717) is 13.0 Å². The standard InChI is InChI=1S/C12H20N4O/c1-3-8-14-10-5-4-6-11(16-10)15-9-7-12(17)13-2/h4-6H,3,7-9H2,1-2H3,(H,13,17)(H2,14,15,16). The minimum absolute atomic E-state index is 0.0257. The maximum Gasteiger partial charge on any atom is 0.221 e. The predicted molar refractivity (Wildman–Crippen MR) is 70.2 cm³/mol. The number of aromatic nitrogens is 1. The number of nitrogens with one attached hydrogen (secondary N) is 3. The Morgan fingerprint density at radius 2 is 1.88 bits per heavy atom. The Labute approximate surface area is 102 Å². The highest BCUT2D eigenvalue weighted by atomic mass is 16.1. The van der Waals surface area contributed by atoms with Crippen molar-refractivity contribution >= 4 is 17.5 Å². The third-order valence-corrected chi connectivity index (χ3v) is 2.24. The summed E-state index contributed by atoms with van der Waals surface area (Å²) in [5.74, 6) is 1.67. The average molecular weight is 236 g/mol. The van der Waals surface area contributed by atoms with Crippen molar-refractivity contribution in [2.24, 2.45) is 0 Å². The quantitative estimate of drug-likeness (QED) is 0.670. The highest BCUT2D eigenvalue weighted by Crippen LogP contribution is 2.08. The van der Waals surface area contributed by atoms with Gasteiger partial charge in [0.2, 0.25) is 5.91 Å². The molecule has 0 saturated carbocycles.